The third-order valence-electron chi connectivity index (χ3n) is 1.02. The van der Waals surface area contributed by atoms with E-state index in [2.05, 4.69) is 18.6 Å². The summed E-state index contributed by atoms with van der Waals surface area (Å²) in [5.41, 5.74) is 0. The van der Waals surface area contributed by atoms with Gasteiger partial charge in [0.25, 0.3) is 5.95 Å². The fourth-order valence-electron chi connectivity index (χ4n) is 0.585. The van der Waals surface area contributed by atoms with Crippen LogP contribution in [0, 0.1) is 0 Å². The molecule has 0 aliphatic carbocycles. The maximum Gasteiger partial charge on any atom is 0.528 e. The van der Waals surface area contributed by atoms with E-state index >= 15 is 0 Å². The van der Waals surface area contributed by atoms with Crippen LogP contribution in [0.5, 0.6) is 5.95 Å². The van der Waals surface area contributed by atoms with Gasteiger partial charge in [0.05, 0.1) is 6.26 Å². The molecule has 0 amide bonds. The monoisotopic (exact) mass is 312 g/mol. The molecule has 0 aliphatic rings. The van der Waals surface area contributed by atoms with Gasteiger partial charge >= 0.3 is 24.6 Å². The minimum Gasteiger partial charge on any atom is -0.450 e. The van der Waals surface area contributed by atoms with Gasteiger partial charge in [0.2, 0.25) is 0 Å². The van der Waals surface area contributed by atoms with Crippen LogP contribution in [0.2, 0.25) is 0 Å². The van der Waals surface area contributed by atoms with Crippen molar-refractivity contribution in [3.8, 4) is 5.95 Å². The number of hydrogen-bond acceptors (Lipinski definition) is 10. The highest BCUT2D eigenvalue weighted by Crippen LogP contribution is 2.10. The lowest BCUT2D eigenvalue weighted by atomic mass is 10.7. The molecule has 0 fully saturated rings. The van der Waals surface area contributed by atoms with E-state index in [0.29, 0.717) is 0 Å². The van der Waals surface area contributed by atoms with Crippen molar-refractivity contribution in [2.45, 2.75) is 0 Å². The fourth-order valence-corrected chi connectivity index (χ4v) is 0.585. The third-order valence-corrected chi connectivity index (χ3v) is 1.02. The molecule has 0 unspecified atom stereocenters. The SMILES string of the molecule is N.N.O=C(O)O.O=C(O)OC(=O)OC(=O)Oc1ccco1. The van der Waals surface area contributed by atoms with Crippen molar-refractivity contribution in [1.82, 2.24) is 12.3 Å². The zero-order chi connectivity index (χ0) is 14.8. The molecule has 0 radical (unpaired) electrons. The van der Waals surface area contributed by atoms with Gasteiger partial charge in [-0.05, 0) is 6.07 Å². The molecule has 120 valence electrons. The minimum atomic E-state index is -1.90. The number of carbonyl (C=O) groups is 4. The number of ether oxygens (including phenoxy) is 3. The molecule has 0 bridgehead atoms. The topological polar surface area (TPSA) is 240 Å². The van der Waals surface area contributed by atoms with Crippen molar-refractivity contribution in [3.63, 3.8) is 0 Å². The third kappa shape index (κ3) is 14.6. The normalized spacial score (nSPS) is 7.62. The van der Waals surface area contributed by atoms with Crippen LogP contribution in [-0.4, -0.2) is 39.9 Å². The highest BCUT2D eigenvalue weighted by atomic mass is 16.8. The Labute approximate surface area is 115 Å². The zero-order valence-electron chi connectivity index (χ0n) is 10.3. The molecule has 1 aromatic rings. The summed E-state index contributed by atoms with van der Waals surface area (Å²) >= 11 is 0. The molecule has 0 saturated heterocycles. The molecule has 0 aromatic carbocycles. The minimum absolute atomic E-state index is 0. The molecule has 0 saturated carbocycles. The summed E-state index contributed by atoms with van der Waals surface area (Å²) in [6.45, 7) is 0. The predicted molar refractivity (Wildman–Crippen MR) is 61.0 cm³/mol. The molecule has 1 rings (SSSR count). The van der Waals surface area contributed by atoms with Crippen molar-refractivity contribution in [1.29, 1.82) is 0 Å². The molecule has 1 aromatic heterocycles. The van der Waals surface area contributed by atoms with Crippen LogP contribution in [0.4, 0.5) is 19.2 Å². The lowest BCUT2D eigenvalue weighted by Crippen LogP contribution is -2.19. The van der Waals surface area contributed by atoms with Gasteiger partial charge in [-0.15, -0.1) is 0 Å². The van der Waals surface area contributed by atoms with E-state index in [1.54, 1.807) is 0 Å². The summed E-state index contributed by atoms with van der Waals surface area (Å²) in [6.07, 6.45) is -5.68. The van der Waals surface area contributed by atoms with Gasteiger partial charge in [-0.1, -0.05) is 0 Å². The molecule has 0 aliphatic heterocycles. The van der Waals surface area contributed by atoms with Crippen LogP contribution >= 0.6 is 0 Å². The number of furan rings is 1. The first-order chi connectivity index (χ1) is 8.81. The van der Waals surface area contributed by atoms with E-state index in [4.69, 9.17) is 20.1 Å². The van der Waals surface area contributed by atoms with E-state index < -0.39 is 24.6 Å². The van der Waals surface area contributed by atoms with E-state index in [0.717, 1.165) is 0 Å². The Morgan fingerprint density at radius 2 is 1.48 bits per heavy atom. The standard InChI is InChI=1S/C7H4O8.CH2O3.2H3N/c8-5(9)14-7(11)15-6(10)13-4-2-1-3-12-4;2-1(3)4;;/h1-3H,(H,8,9);(H2,2,3,4);2*1H3. The predicted octanol–water partition coefficient (Wildman–Crippen LogP) is 2.16. The van der Waals surface area contributed by atoms with E-state index in [1.165, 1.54) is 18.4 Å². The number of rotatable bonds is 1. The van der Waals surface area contributed by atoms with Crippen molar-refractivity contribution >= 4 is 24.6 Å². The average Bonchev–Trinajstić information content (AvgIpc) is 2.66. The van der Waals surface area contributed by atoms with Crippen molar-refractivity contribution in [2.75, 3.05) is 0 Å². The van der Waals surface area contributed by atoms with Crippen LogP contribution < -0.4 is 17.0 Å². The fraction of sp³-hybridized carbons (Fsp3) is 0. The Morgan fingerprint density at radius 1 is 0.952 bits per heavy atom. The van der Waals surface area contributed by atoms with Crippen molar-refractivity contribution < 1.29 is 53.1 Å². The highest BCUT2D eigenvalue weighted by Gasteiger charge is 2.17. The summed E-state index contributed by atoms with van der Waals surface area (Å²) < 4.78 is 16.1. The zero-order valence-corrected chi connectivity index (χ0v) is 10.3. The first-order valence-corrected chi connectivity index (χ1v) is 4.11. The van der Waals surface area contributed by atoms with Gasteiger partial charge in [-0.3, -0.25) is 0 Å². The molecule has 0 spiro atoms. The molecule has 21 heavy (non-hydrogen) atoms. The summed E-state index contributed by atoms with van der Waals surface area (Å²) in [7, 11) is 0. The second-order valence-electron chi connectivity index (χ2n) is 2.29. The van der Waals surface area contributed by atoms with Gasteiger partial charge in [0.15, 0.2) is 0 Å². The Balaban J connectivity index is -0.000000482. The van der Waals surface area contributed by atoms with Crippen LogP contribution in [0.15, 0.2) is 22.8 Å². The van der Waals surface area contributed by atoms with Crippen LogP contribution in [0.25, 0.3) is 0 Å². The van der Waals surface area contributed by atoms with Crippen LogP contribution in [-0.2, 0) is 9.47 Å². The number of hydrogen-bond donors (Lipinski definition) is 5. The van der Waals surface area contributed by atoms with E-state index in [1.807, 2.05) is 0 Å². The summed E-state index contributed by atoms with van der Waals surface area (Å²) in [6, 6.07) is 2.71. The molecule has 13 nitrogen and oxygen atoms in total. The summed E-state index contributed by atoms with van der Waals surface area (Å²) in [4.78, 5) is 39.5. The number of carbonyl (C=O) groups excluding carboxylic acids is 2. The Morgan fingerprint density at radius 3 is 1.86 bits per heavy atom. The maximum atomic E-state index is 10.7. The second-order valence-corrected chi connectivity index (χ2v) is 2.29. The lowest BCUT2D eigenvalue weighted by molar-refractivity contribution is 0.0548. The Hall–Kier alpha value is -3.32. The first kappa shape index (κ1) is 22.8. The molecule has 13 heteroatoms. The Kier molecular flexibility index (Phi) is 12.8. The molecular weight excluding hydrogens is 300 g/mol. The van der Waals surface area contributed by atoms with Gasteiger partial charge in [-0.2, -0.15) is 0 Å². The van der Waals surface area contributed by atoms with E-state index in [-0.39, 0.29) is 18.2 Å². The lowest BCUT2D eigenvalue weighted by Gasteiger charge is -1.99. The highest BCUT2D eigenvalue weighted by molar-refractivity contribution is 5.83. The number of carboxylic acid groups (broad SMARTS) is 3. The van der Waals surface area contributed by atoms with Crippen LogP contribution in [0.1, 0.15) is 0 Å². The second kappa shape index (κ2) is 11.8. The smallest absolute Gasteiger partial charge is 0.450 e. The average molecular weight is 312 g/mol. The van der Waals surface area contributed by atoms with Gasteiger partial charge in [0.1, 0.15) is 0 Å². The summed E-state index contributed by atoms with van der Waals surface area (Å²) in [5, 5.41) is 21.9. The van der Waals surface area contributed by atoms with Crippen molar-refractivity contribution in [3.05, 3.63) is 18.4 Å². The molecular formula is C8H12N2O11. The molecule has 0 atom stereocenters. The largest absolute Gasteiger partial charge is 0.528 e. The first-order valence-electron chi connectivity index (χ1n) is 4.11. The van der Waals surface area contributed by atoms with Gasteiger partial charge in [0, 0.05) is 6.07 Å². The Bertz CT molecular complexity index is 451. The van der Waals surface area contributed by atoms with Crippen molar-refractivity contribution in [2.24, 2.45) is 0 Å². The van der Waals surface area contributed by atoms with Gasteiger partial charge < -0.3 is 46.2 Å². The molecule has 9 N–H and O–H groups in total. The van der Waals surface area contributed by atoms with Gasteiger partial charge in [-0.25, -0.2) is 19.2 Å². The maximum absolute atomic E-state index is 10.7. The van der Waals surface area contributed by atoms with Crippen LogP contribution in [0.3, 0.4) is 0 Å². The van der Waals surface area contributed by atoms with E-state index in [9.17, 15) is 14.4 Å². The quantitative estimate of drug-likeness (QED) is 0.369. The summed E-state index contributed by atoms with van der Waals surface area (Å²) in [5.74, 6) is -0.205. The molecule has 1 heterocycles.